The van der Waals surface area contributed by atoms with Crippen molar-refractivity contribution in [1.82, 2.24) is 4.98 Å². The molecule has 0 spiro atoms. The van der Waals surface area contributed by atoms with Gasteiger partial charge in [-0.3, -0.25) is 9.78 Å². The van der Waals surface area contributed by atoms with Crippen molar-refractivity contribution in [3.05, 3.63) is 76.8 Å². The van der Waals surface area contributed by atoms with E-state index in [1.165, 1.54) is 0 Å². The Morgan fingerprint density at radius 3 is 2.81 bits per heavy atom. The molecule has 1 aliphatic rings. The second kappa shape index (κ2) is 7.87. The van der Waals surface area contributed by atoms with Gasteiger partial charge in [-0.25, -0.2) is 4.79 Å². The minimum absolute atomic E-state index is 0.0313. The third kappa shape index (κ3) is 3.54. The molecule has 0 saturated heterocycles. The monoisotopic (exact) mass is 414 g/mol. The first-order chi connectivity index (χ1) is 15.1. The number of hydrogen-bond donors (Lipinski definition) is 2. The molecule has 6 heteroatoms. The minimum Gasteiger partial charge on any atom is -0.507 e. The van der Waals surface area contributed by atoms with Crippen molar-refractivity contribution in [3.8, 4) is 5.75 Å². The van der Waals surface area contributed by atoms with E-state index in [1.807, 2.05) is 30.3 Å². The van der Waals surface area contributed by atoms with E-state index in [2.05, 4.69) is 10.3 Å². The highest BCUT2D eigenvalue weighted by atomic mass is 16.4. The van der Waals surface area contributed by atoms with Crippen LogP contribution in [0.4, 0.5) is 5.69 Å². The number of aromatic hydroxyl groups is 1. The minimum atomic E-state index is -0.527. The summed E-state index contributed by atoms with van der Waals surface area (Å²) in [5.41, 5.74) is 1.54. The number of nitrogens with one attached hydrogen (secondary N) is 1. The molecule has 0 radical (unpaired) electrons. The Labute approximate surface area is 178 Å². The van der Waals surface area contributed by atoms with Crippen molar-refractivity contribution in [2.75, 3.05) is 5.32 Å². The molecule has 2 atom stereocenters. The van der Waals surface area contributed by atoms with Crippen LogP contribution in [0.1, 0.15) is 37.2 Å². The highest BCUT2D eigenvalue weighted by Gasteiger charge is 2.32. The number of para-hydroxylation sites is 2. The van der Waals surface area contributed by atoms with Crippen molar-refractivity contribution in [2.45, 2.75) is 31.6 Å². The van der Waals surface area contributed by atoms with Crippen molar-refractivity contribution in [3.63, 3.8) is 0 Å². The zero-order chi connectivity index (χ0) is 21.4. The van der Waals surface area contributed by atoms with Crippen molar-refractivity contribution in [1.29, 1.82) is 0 Å². The van der Waals surface area contributed by atoms with Gasteiger partial charge >= 0.3 is 5.63 Å². The lowest BCUT2D eigenvalue weighted by molar-refractivity contribution is -0.120. The molecule has 2 aromatic heterocycles. The lowest BCUT2D eigenvalue weighted by Crippen LogP contribution is -2.29. The Kier molecular flexibility index (Phi) is 4.90. The number of aromatic nitrogens is 1. The van der Waals surface area contributed by atoms with Crippen molar-refractivity contribution in [2.24, 2.45) is 5.92 Å². The normalized spacial score (nSPS) is 18.8. The molecule has 0 aliphatic heterocycles. The number of hydrogen-bond acceptors (Lipinski definition) is 5. The Balaban J connectivity index is 1.41. The third-order valence-electron chi connectivity index (χ3n) is 6.16. The Hall–Kier alpha value is -3.67. The van der Waals surface area contributed by atoms with Gasteiger partial charge in [0.1, 0.15) is 11.3 Å². The van der Waals surface area contributed by atoms with E-state index < -0.39 is 5.63 Å². The number of carbonyl (C=O) groups excluding carboxylic acids is 1. The predicted molar refractivity (Wildman–Crippen MR) is 119 cm³/mol. The summed E-state index contributed by atoms with van der Waals surface area (Å²) in [4.78, 5) is 30.1. The lowest BCUT2D eigenvalue weighted by Gasteiger charge is -2.28. The number of nitrogens with zero attached hydrogens (tertiary/aromatic N) is 1. The molecule has 1 fully saturated rings. The number of benzene rings is 2. The molecule has 2 N–H and O–H groups in total. The van der Waals surface area contributed by atoms with Crippen LogP contribution in [-0.4, -0.2) is 16.0 Å². The van der Waals surface area contributed by atoms with E-state index in [0.29, 0.717) is 23.1 Å². The van der Waals surface area contributed by atoms with Gasteiger partial charge in [0.25, 0.3) is 0 Å². The van der Waals surface area contributed by atoms with E-state index in [-0.39, 0.29) is 29.1 Å². The van der Waals surface area contributed by atoms with Crippen molar-refractivity contribution >= 4 is 33.5 Å². The molecular weight excluding hydrogens is 392 g/mol. The summed E-state index contributed by atoms with van der Waals surface area (Å²) in [5.74, 6) is -0.609. The van der Waals surface area contributed by atoms with Crippen LogP contribution in [0.2, 0.25) is 0 Å². The number of pyridine rings is 1. The van der Waals surface area contributed by atoms with Crippen LogP contribution in [0.15, 0.2) is 70.0 Å². The third-order valence-corrected chi connectivity index (χ3v) is 6.16. The SMILES string of the molecule is O=C(Nc1cccc2cccnc12)[C@@H]1CCC[C@@H](c2c(O)c3ccccc3oc2=O)C1. The maximum absolute atomic E-state index is 13.1. The van der Waals surface area contributed by atoms with Gasteiger partial charge in [-0.2, -0.15) is 0 Å². The summed E-state index contributed by atoms with van der Waals surface area (Å²) in [6, 6.07) is 16.5. The summed E-state index contributed by atoms with van der Waals surface area (Å²) in [5, 5.41) is 15.3. The number of amides is 1. The van der Waals surface area contributed by atoms with Crippen LogP contribution in [-0.2, 0) is 4.79 Å². The van der Waals surface area contributed by atoms with Crippen LogP contribution >= 0.6 is 0 Å². The second-order valence-electron chi connectivity index (χ2n) is 8.08. The van der Waals surface area contributed by atoms with E-state index in [4.69, 9.17) is 4.42 Å². The van der Waals surface area contributed by atoms with Crippen LogP contribution in [0.25, 0.3) is 21.9 Å². The van der Waals surface area contributed by atoms with Gasteiger partial charge in [-0.05, 0) is 49.4 Å². The highest BCUT2D eigenvalue weighted by Crippen LogP contribution is 2.40. The van der Waals surface area contributed by atoms with Crippen molar-refractivity contribution < 1.29 is 14.3 Å². The fraction of sp³-hybridized carbons (Fsp3) is 0.240. The first-order valence-corrected chi connectivity index (χ1v) is 10.5. The van der Waals surface area contributed by atoms with Gasteiger partial charge in [0, 0.05) is 17.5 Å². The van der Waals surface area contributed by atoms with E-state index in [1.54, 1.807) is 30.5 Å². The molecule has 4 aromatic rings. The number of carbonyl (C=O) groups is 1. The maximum Gasteiger partial charge on any atom is 0.343 e. The van der Waals surface area contributed by atoms with Gasteiger partial charge in [0.2, 0.25) is 5.91 Å². The van der Waals surface area contributed by atoms with Gasteiger partial charge in [-0.15, -0.1) is 0 Å². The standard InChI is InChI=1S/C25H22N2O4/c28-23-18-10-1-2-12-20(18)31-25(30)21(23)16-7-3-8-17(14-16)24(29)27-19-11-4-6-15-9-5-13-26-22(15)19/h1-2,4-6,9-13,16-17,28H,3,7-8,14H2,(H,27,29)/t16-,17-/m1/s1. The van der Waals surface area contributed by atoms with Gasteiger partial charge < -0.3 is 14.8 Å². The summed E-state index contributed by atoms with van der Waals surface area (Å²) < 4.78 is 5.44. The molecule has 31 heavy (non-hydrogen) atoms. The van der Waals surface area contributed by atoms with E-state index >= 15 is 0 Å². The number of rotatable bonds is 3. The van der Waals surface area contributed by atoms with Crippen LogP contribution in [0, 0.1) is 5.92 Å². The number of anilines is 1. The zero-order valence-electron chi connectivity index (χ0n) is 16.9. The summed E-state index contributed by atoms with van der Waals surface area (Å²) in [6.07, 6.45) is 4.45. The smallest absolute Gasteiger partial charge is 0.343 e. The molecule has 156 valence electrons. The predicted octanol–water partition coefficient (Wildman–Crippen LogP) is 4.96. The Morgan fingerprint density at radius 1 is 1.06 bits per heavy atom. The van der Waals surface area contributed by atoms with Crippen LogP contribution in [0.5, 0.6) is 5.75 Å². The molecule has 0 unspecified atom stereocenters. The topological polar surface area (TPSA) is 92.4 Å². The molecule has 1 amide bonds. The Bertz CT molecular complexity index is 1340. The van der Waals surface area contributed by atoms with Gasteiger partial charge in [0.15, 0.2) is 0 Å². The second-order valence-corrected chi connectivity index (χ2v) is 8.08. The molecule has 6 nitrogen and oxygen atoms in total. The van der Waals surface area contributed by atoms with Crippen LogP contribution < -0.4 is 10.9 Å². The summed E-state index contributed by atoms with van der Waals surface area (Å²) in [7, 11) is 0. The fourth-order valence-electron chi connectivity index (χ4n) is 4.64. The molecule has 2 aromatic carbocycles. The Morgan fingerprint density at radius 2 is 1.90 bits per heavy atom. The van der Waals surface area contributed by atoms with E-state index in [0.717, 1.165) is 30.2 Å². The summed E-state index contributed by atoms with van der Waals surface area (Å²) >= 11 is 0. The van der Waals surface area contributed by atoms with E-state index in [9.17, 15) is 14.7 Å². The highest BCUT2D eigenvalue weighted by molar-refractivity contribution is 6.01. The quantitative estimate of drug-likeness (QED) is 0.462. The van der Waals surface area contributed by atoms with Gasteiger partial charge in [-0.1, -0.05) is 36.8 Å². The van der Waals surface area contributed by atoms with Gasteiger partial charge in [0.05, 0.1) is 22.2 Å². The first-order valence-electron chi connectivity index (χ1n) is 10.5. The number of fused-ring (bicyclic) bond motifs is 2. The molecule has 0 bridgehead atoms. The average Bonchev–Trinajstić information content (AvgIpc) is 2.79. The lowest BCUT2D eigenvalue weighted by atomic mass is 9.77. The molecular formula is C25H22N2O4. The van der Waals surface area contributed by atoms with Crippen LogP contribution in [0.3, 0.4) is 0 Å². The molecule has 2 heterocycles. The molecule has 5 rings (SSSR count). The molecule has 1 saturated carbocycles. The summed E-state index contributed by atoms with van der Waals surface area (Å²) in [6.45, 7) is 0. The largest absolute Gasteiger partial charge is 0.507 e. The zero-order valence-corrected chi connectivity index (χ0v) is 16.9. The molecule has 1 aliphatic carbocycles. The first kappa shape index (κ1) is 19.3. The fourth-order valence-corrected chi connectivity index (χ4v) is 4.64. The maximum atomic E-state index is 13.1. The average molecular weight is 414 g/mol.